The minimum absolute atomic E-state index is 0.623. The van der Waals surface area contributed by atoms with Crippen molar-refractivity contribution in [1.82, 2.24) is 5.32 Å². The van der Waals surface area contributed by atoms with Gasteiger partial charge in [-0.15, -0.1) is 0 Å². The number of aryl methyl sites for hydroxylation is 1. The highest BCUT2D eigenvalue weighted by molar-refractivity contribution is 6.30. The van der Waals surface area contributed by atoms with E-state index in [9.17, 15) is 0 Å². The van der Waals surface area contributed by atoms with E-state index in [2.05, 4.69) is 48.6 Å². The molecule has 19 heavy (non-hydrogen) atoms. The lowest BCUT2D eigenvalue weighted by Gasteiger charge is -2.08. The monoisotopic (exact) mass is 271 g/mol. The summed E-state index contributed by atoms with van der Waals surface area (Å²) in [5.41, 5.74) is 4.05. The van der Waals surface area contributed by atoms with Crippen molar-refractivity contribution in [2.24, 2.45) is 0 Å². The Labute approximate surface area is 119 Å². The molecule has 1 aliphatic carbocycles. The highest BCUT2D eigenvalue weighted by atomic mass is 35.5. The normalized spacial score (nSPS) is 21.4. The lowest BCUT2D eigenvalue weighted by Crippen LogP contribution is -2.17. The van der Waals surface area contributed by atoms with Crippen LogP contribution in [0.25, 0.3) is 0 Å². The molecule has 0 spiro atoms. The summed E-state index contributed by atoms with van der Waals surface area (Å²) < 4.78 is 0. The number of halogens is 1. The molecule has 3 rings (SSSR count). The predicted octanol–water partition coefficient (Wildman–Crippen LogP) is 4.29. The maximum atomic E-state index is 5.97. The average Bonchev–Trinajstić information content (AvgIpc) is 3.18. The molecule has 1 aliphatic rings. The summed E-state index contributed by atoms with van der Waals surface area (Å²) in [7, 11) is 0. The molecule has 1 nitrogen and oxygen atoms in total. The van der Waals surface area contributed by atoms with Gasteiger partial charge in [-0.1, -0.05) is 48.0 Å². The van der Waals surface area contributed by atoms with E-state index in [4.69, 9.17) is 11.6 Å². The molecule has 2 aromatic carbocycles. The van der Waals surface area contributed by atoms with Crippen LogP contribution in [0.1, 0.15) is 29.0 Å². The highest BCUT2D eigenvalue weighted by Crippen LogP contribution is 2.40. The molecule has 0 radical (unpaired) electrons. The summed E-state index contributed by atoms with van der Waals surface area (Å²) in [6.07, 6.45) is 1.25. The Hall–Kier alpha value is -1.31. The van der Waals surface area contributed by atoms with Crippen LogP contribution in [-0.4, -0.2) is 6.04 Å². The molecule has 0 amide bonds. The van der Waals surface area contributed by atoms with E-state index in [0.717, 1.165) is 11.6 Å². The van der Waals surface area contributed by atoms with Gasteiger partial charge in [0.1, 0.15) is 0 Å². The zero-order valence-electron chi connectivity index (χ0n) is 11.1. The second-order valence-corrected chi connectivity index (χ2v) is 5.75. The third-order valence-corrected chi connectivity index (χ3v) is 4.11. The van der Waals surface area contributed by atoms with Gasteiger partial charge in [0.05, 0.1) is 0 Å². The number of benzene rings is 2. The van der Waals surface area contributed by atoms with E-state index in [-0.39, 0.29) is 0 Å². The molecule has 1 fully saturated rings. The molecule has 0 heterocycles. The van der Waals surface area contributed by atoms with Gasteiger partial charge < -0.3 is 5.32 Å². The summed E-state index contributed by atoms with van der Waals surface area (Å²) >= 11 is 5.97. The number of hydrogen-bond donors (Lipinski definition) is 1. The van der Waals surface area contributed by atoms with Crippen LogP contribution < -0.4 is 5.32 Å². The van der Waals surface area contributed by atoms with Crippen LogP contribution in [0.2, 0.25) is 5.02 Å². The maximum Gasteiger partial charge on any atom is 0.0408 e. The summed E-state index contributed by atoms with van der Waals surface area (Å²) in [5.74, 6) is 0.689. The molecule has 1 saturated carbocycles. The van der Waals surface area contributed by atoms with Crippen LogP contribution in [-0.2, 0) is 6.54 Å². The van der Waals surface area contributed by atoms with Crippen LogP contribution in [0.15, 0.2) is 48.5 Å². The van der Waals surface area contributed by atoms with Crippen molar-refractivity contribution in [2.45, 2.75) is 31.8 Å². The van der Waals surface area contributed by atoms with E-state index >= 15 is 0 Å². The molecule has 0 aliphatic heterocycles. The number of nitrogens with one attached hydrogen (secondary N) is 1. The van der Waals surface area contributed by atoms with Gasteiger partial charge in [-0.05, 0) is 42.2 Å². The van der Waals surface area contributed by atoms with E-state index in [0.29, 0.717) is 12.0 Å². The second kappa shape index (κ2) is 5.36. The zero-order chi connectivity index (χ0) is 13.2. The van der Waals surface area contributed by atoms with E-state index in [1.165, 1.54) is 23.1 Å². The lowest BCUT2D eigenvalue weighted by atomic mass is 10.1. The second-order valence-electron chi connectivity index (χ2n) is 5.31. The van der Waals surface area contributed by atoms with Gasteiger partial charge in [0.2, 0.25) is 0 Å². The molecule has 0 aromatic heterocycles. The minimum Gasteiger partial charge on any atom is -0.309 e. The molecule has 0 saturated heterocycles. The van der Waals surface area contributed by atoms with Crippen molar-refractivity contribution in [3.05, 3.63) is 70.2 Å². The molecular formula is C17H18ClN. The Morgan fingerprint density at radius 1 is 1.16 bits per heavy atom. The van der Waals surface area contributed by atoms with E-state index < -0.39 is 0 Å². The Balaban J connectivity index is 1.57. The van der Waals surface area contributed by atoms with Gasteiger partial charge in [-0.25, -0.2) is 0 Å². The average molecular weight is 272 g/mol. The van der Waals surface area contributed by atoms with Crippen molar-refractivity contribution in [1.29, 1.82) is 0 Å². The lowest BCUT2D eigenvalue weighted by molar-refractivity contribution is 0.670. The summed E-state index contributed by atoms with van der Waals surface area (Å²) in [6.45, 7) is 3.04. The van der Waals surface area contributed by atoms with Crippen molar-refractivity contribution in [3.8, 4) is 0 Å². The van der Waals surface area contributed by atoms with Gasteiger partial charge in [0.25, 0.3) is 0 Å². The van der Waals surface area contributed by atoms with E-state index in [1.54, 1.807) is 0 Å². The molecule has 2 heteroatoms. The first-order valence-corrected chi connectivity index (χ1v) is 7.15. The van der Waals surface area contributed by atoms with Crippen molar-refractivity contribution >= 4 is 11.6 Å². The molecule has 0 bridgehead atoms. The Morgan fingerprint density at radius 2 is 1.95 bits per heavy atom. The standard InChI is InChI=1S/C17H18ClN/c1-12-9-15(18)8-7-14(12)11-19-17-10-16(17)13-5-3-2-4-6-13/h2-9,16-17,19H,10-11H2,1H3. The number of rotatable bonds is 4. The molecule has 2 aromatic rings. The van der Waals surface area contributed by atoms with Crippen molar-refractivity contribution in [2.75, 3.05) is 0 Å². The summed E-state index contributed by atoms with van der Waals surface area (Å²) in [6, 6.07) is 17.5. The molecular weight excluding hydrogens is 254 g/mol. The topological polar surface area (TPSA) is 12.0 Å². The fraction of sp³-hybridized carbons (Fsp3) is 0.294. The first kappa shape index (κ1) is 12.7. The predicted molar refractivity (Wildman–Crippen MR) is 80.6 cm³/mol. The molecule has 2 unspecified atom stereocenters. The quantitative estimate of drug-likeness (QED) is 0.875. The Bertz CT molecular complexity index is 565. The minimum atomic E-state index is 0.623. The SMILES string of the molecule is Cc1cc(Cl)ccc1CNC1CC1c1ccccc1. The van der Waals surface area contributed by atoms with Crippen LogP contribution in [0.3, 0.4) is 0 Å². The molecule has 98 valence electrons. The van der Waals surface area contributed by atoms with Crippen LogP contribution in [0, 0.1) is 6.92 Å². The van der Waals surface area contributed by atoms with Crippen LogP contribution in [0.5, 0.6) is 0 Å². The van der Waals surface area contributed by atoms with Gasteiger partial charge in [0.15, 0.2) is 0 Å². The largest absolute Gasteiger partial charge is 0.309 e. The highest BCUT2D eigenvalue weighted by Gasteiger charge is 2.37. The fourth-order valence-electron chi connectivity index (χ4n) is 2.59. The van der Waals surface area contributed by atoms with Crippen molar-refractivity contribution < 1.29 is 0 Å². The first-order valence-electron chi connectivity index (χ1n) is 6.77. The van der Waals surface area contributed by atoms with Gasteiger partial charge in [0, 0.05) is 23.5 Å². The summed E-state index contributed by atoms with van der Waals surface area (Å²) in [4.78, 5) is 0. The van der Waals surface area contributed by atoms with Crippen LogP contribution >= 0.6 is 11.6 Å². The van der Waals surface area contributed by atoms with Crippen molar-refractivity contribution in [3.63, 3.8) is 0 Å². The maximum absolute atomic E-state index is 5.97. The first-order chi connectivity index (χ1) is 9.24. The third kappa shape index (κ3) is 2.99. The summed E-state index contributed by atoms with van der Waals surface area (Å²) in [5, 5.41) is 4.45. The van der Waals surface area contributed by atoms with Gasteiger partial charge >= 0.3 is 0 Å². The van der Waals surface area contributed by atoms with Gasteiger partial charge in [-0.3, -0.25) is 0 Å². The third-order valence-electron chi connectivity index (χ3n) is 3.88. The smallest absolute Gasteiger partial charge is 0.0408 e. The van der Waals surface area contributed by atoms with E-state index in [1.807, 2.05) is 12.1 Å². The Morgan fingerprint density at radius 3 is 2.68 bits per heavy atom. The number of hydrogen-bond acceptors (Lipinski definition) is 1. The van der Waals surface area contributed by atoms with Crippen LogP contribution in [0.4, 0.5) is 0 Å². The van der Waals surface area contributed by atoms with Gasteiger partial charge in [-0.2, -0.15) is 0 Å². The zero-order valence-corrected chi connectivity index (χ0v) is 11.8. The molecule has 2 atom stereocenters. The fourth-order valence-corrected chi connectivity index (χ4v) is 2.81. The molecule has 1 N–H and O–H groups in total. The Kier molecular flexibility index (Phi) is 3.58.